The molecule has 0 bridgehead atoms. The number of hydrogen-bond acceptors (Lipinski definition) is 2. The smallest absolute Gasteiger partial charge is 0.317 e. The van der Waals surface area contributed by atoms with E-state index in [-0.39, 0.29) is 23.9 Å². The van der Waals surface area contributed by atoms with E-state index in [1.54, 1.807) is 4.90 Å². The summed E-state index contributed by atoms with van der Waals surface area (Å²) >= 11 is 0. The van der Waals surface area contributed by atoms with Crippen LogP contribution in [-0.4, -0.2) is 42.5 Å². The highest BCUT2D eigenvalue weighted by Gasteiger charge is 2.24. The average molecular weight is 303 g/mol. The van der Waals surface area contributed by atoms with Gasteiger partial charge in [0.05, 0.1) is 0 Å². The van der Waals surface area contributed by atoms with Gasteiger partial charge in [-0.3, -0.25) is 4.79 Å². The maximum Gasteiger partial charge on any atom is 0.317 e. The molecule has 2 N–H and O–H groups in total. The first-order valence-electron chi connectivity index (χ1n) is 7.91. The van der Waals surface area contributed by atoms with Crippen LogP contribution in [0.1, 0.15) is 38.2 Å². The van der Waals surface area contributed by atoms with Crippen LogP contribution < -0.4 is 10.6 Å². The predicted octanol–water partition coefficient (Wildman–Crippen LogP) is 2.10. The first kappa shape index (κ1) is 16.3. The quantitative estimate of drug-likeness (QED) is 0.895. The topological polar surface area (TPSA) is 61.4 Å². The number of rotatable bonds is 4. The van der Waals surface area contributed by atoms with Gasteiger partial charge in [0.25, 0.3) is 0 Å². The van der Waals surface area contributed by atoms with Crippen molar-refractivity contribution in [3.63, 3.8) is 0 Å². The minimum atomic E-state index is -0.0437. The summed E-state index contributed by atoms with van der Waals surface area (Å²) in [4.78, 5) is 25.2. The molecule has 1 aromatic carbocycles. The molecule has 1 aliphatic rings. The highest BCUT2D eigenvalue weighted by molar-refractivity contribution is 5.75. The van der Waals surface area contributed by atoms with E-state index in [0.29, 0.717) is 13.1 Å². The van der Waals surface area contributed by atoms with E-state index >= 15 is 0 Å². The van der Waals surface area contributed by atoms with Crippen LogP contribution in [0, 0.1) is 0 Å². The number of nitrogens with zero attached hydrogens (tertiary/aromatic N) is 1. The van der Waals surface area contributed by atoms with Crippen LogP contribution in [0.2, 0.25) is 0 Å². The van der Waals surface area contributed by atoms with Crippen molar-refractivity contribution >= 4 is 11.9 Å². The van der Waals surface area contributed by atoms with E-state index in [1.807, 2.05) is 18.2 Å². The molecular weight excluding hydrogens is 278 g/mol. The normalized spacial score (nSPS) is 19.4. The van der Waals surface area contributed by atoms with Crippen molar-refractivity contribution in [2.75, 3.05) is 19.6 Å². The largest absolute Gasteiger partial charge is 0.352 e. The van der Waals surface area contributed by atoms with Crippen LogP contribution in [0.5, 0.6) is 0 Å². The molecule has 0 spiro atoms. The zero-order valence-electron chi connectivity index (χ0n) is 13.3. The molecule has 2 rings (SSSR count). The molecule has 5 heteroatoms. The summed E-state index contributed by atoms with van der Waals surface area (Å²) in [6.45, 7) is 5.57. The minimum absolute atomic E-state index is 0.0371. The van der Waals surface area contributed by atoms with Crippen molar-refractivity contribution < 1.29 is 9.59 Å². The van der Waals surface area contributed by atoms with Gasteiger partial charge < -0.3 is 15.5 Å². The summed E-state index contributed by atoms with van der Waals surface area (Å²) in [6, 6.07) is 10.2. The van der Waals surface area contributed by atoms with E-state index in [2.05, 4.69) is 29.7 Å². The molecule has 5 nitrogen and oxygen atoms in total. The molecule has 3 amide bonds. The number of nitrogens with one attached hydrogen (secondary N) is 2. The second-order valence-electron chi connectivity index (χ2n) is 5.98. The van der Waals surface area contributed by atoms with Crippen molar-refractivity contribution in [3.8, 4) is 0 Å². The third kappa shape index (κ3) is 4.76. The molecule has 0 aromatic heterocycles. The Bertz CT molecular complexity index is 504. The number of carbonyl (C=O) groups is 2. The highest BCUT2D eigenvalue weighted by Crippen LogP contribution is 2.14. The number of amides is 3. The Balaban J connectivity index is 1.80. The van der Waals surface area contributed by atoms with Gasteiger partial charge in [-0.1, -0.05) is 37.3 Å². The summed E-state index contributed by atoms with van der Waals surface area (Å²) in [7, 11) is 0. The summed E-state index contributed by atoms with van der Waals surface area (Å²) in [5, 5.41) is 5.90. The number of likely N-dealkylation sites (tertiary alicyclic amines) is 1. The average Bonchev–Trinajstić information content (AvgIpc) is 2.52. The van der Waals surface area contributed by atoms with Gasteiger partial charge in [-0.05, 0) is 24.3 Å². The monoisotopic (exact) mass is 303 g/mol. The van der Waals surface area contributed by atoms with Gasteiger partial charge >= 0.3 is 6.03 Å². The lowest BCUT2D eigenvalue weighted by Crippen LogP contribution is -2.52. The van der Waals surface area contributed by atoms with Gasteiger partial charge in [0.1, 0.15) is 0 Å². The SMILES string of the molecule is CC(=O)N[C@H]1CCCN(C(=O)NC[C@H](C)c2ccccc2)C1. The molecule has 0 aliphatic carbocycles. The Labute approximate surface area is 132 Å². The molecule has 0 saturated carbocycles. The van der Waals surface area contributed by atoms with Crippen LogP contribution in [0.15, 0.2) is 30.3 Å². The lowest BCUT2D eigenvalue weighted by Gasteiger charge is -2.33. The van der Waals surface area contributed by atoms with Gasteiger partial charge in [0.15, 0.2) is 0 Å². The Morgan fingerprint density at radius 1 is 1.32 bits per heavy atom. The second kappa shape index (κ2) is 7.82. The highest BCUT2D eigenvalue weighted by atomic mass is 16.2. The fourth-order valence-electron chi connectivity index (χ4n) is 2.82. The summed E-state index contributed by atoms with van der Waals surface area (Å²) in [5.41, 5.74) is 1.22. The molecule has 1 heterocycles. The molecule has 120 valence electrons. The Morgan fingerprint density at radius 3 is 2.73 bits per heavy atom. The molecule has 0 unspecified atom stereocenters. The Hall–Kier alpha value is -2.04. The zero-order chi connectivity index (χ0) is 15.9. The molecule has 1 fully saturated rings. The molecular formula is C17H25N3O2. The van der Waals surface area contributed by atoms with Gasteiger partial charge in [0, 0.05) is 32.6 Å². The molecule has 22 heavy (non-hydrogen) atoms. The van der Waals surface area contributed by atoms with Gasteiger partial charge in [-0.25, -0.2) is 4.79 Å². The van der Waals surface area contributed by atoms with Crippen molar-refractivity contribution in [1.82, 2.24) is 15.5 Å². The van der Waals surface area contributed by atoms with Gasteiger partial charge in [-0.15, -0.1) is 0 Å². The Kier molecular flexibility index (Phi) is 5.81. The van der Waals surface area contributed by atoms with Crippen LogP contribution >= 0.6 is 0 Å². The first-order valence-corrected chi connectivity index (χ1v) is 7.91. The van der Waals surface area contributed by atoms with Crippen molar-refractivity contribution in [2.24, 2.45) is 0 Å². The molecule has 0 radical (unpaired) electrons. The minimum Gasteiger partial charge on any atom is -0.352 e. The fraction of sp³-hybridized carbons (Fsp3) is 0.529. The maximum atomic E-state index is 12.3. The molecule has 1 saturated heterocycles. The van der Waals surface area contributed by atoms with Gasteiger partial charge in [-0.2, -0.15) is 0 Å². The van der Waals surface area contributed by atoms with Crippen molar-refractivity contribution in [3.05, 3.63) is 35.9 Å². The fourth-order valence-corrected chi connectivity index (χ4v) is 2.82. The lowest BCUT2D eigenvalue weighted by molar-refractivity contribution is -0.119. The van der Waals surface area contributed by atoms with E-state index in [0.717, 1.165) is 19.4 Å². The number of piperidine rings is 1. The third-order valence-electron chi connectivity index (χ3n) is 4.04. The van der Waals surface area contributed by atoms with E-state index < -0.39 is 0 Å². The molecule has 1 aliphatic heterocycles. The summed E-state index contributed by atoms with van der Waals surface area (Å²) < 4.78 is 0. The second-order valence-corrected chi connectivity index (χ2v) is 5.98. The first-order chi connectivity index (χ1) is 10.6. The van der Waals surface area contributed by atoms with Crippen molar-refractivity contribution in [1.29, 1.82) is 0 Å². The van der Waals surface area contributed by atoms with Crippen LogP contribution in [0.25, 0.3) is 0 Å². The van der Waals surface area contributed by atoms with Crippen LogP contribution in [0.4, 0.5) is 4.79 Å². The van der Waals surface area contributed by atoms with Crippen LogP contribution in [0.3, 0.4) is 0 Å². The van der Waals surface area contributed by atoms with E-state index in [9.17, 15) is 9.59 Å². The number of urea groups is 1. The molecule has 1 aromatic rings. The molecule has 2 atom stereocenters. The number of benzene rings is 1. The van der Waals surface area contributed by atoms with Crippen LogP contribution in [-0.2, 0) is 4.79 Å². The van der Waals surface area contributed by atoms with E-state index in [1.165, 1.54) is 12.5 Å². The van der Waals surface area contributed by atoms with Gasteiger partial charge in [0.2, 0.25) is 5.91 Å². The standard InChI is InChI=1S/C17H25N3O2/c1-13(15-7-4-3-5-8-15)11-18-17(22)20-10-6-9-16(12-20)19-14(2)21/h3-5,7-8,13,16H,6,9-12H2,1-2H3,(H,18,22)(H,19,21)/t13-,16-/m0/s1. The third-order valence-corrected chi connectivity index (χ3v) is 4.04. The zero-order valence-corrected chi connectivity index (χ0v) is 13.3. The predicted molar refractivity (Wildman–Crippen MR) is 86.7 cm³/mol. The number of hydrogen-bond donors (Lipinski definition) is 2. The summed E-state index contributed by atoms with van der Waals surface area (Å²) in [5.74, 6) is 0.242. The summed E-state index contributed by atoms with van der Waals surface area (Å²) in [6.07, 6.45) is 1.86. The van der Waals surface area contributed by atoms with Crippen molar-refractivity contribution in [2.45, 2.75) is 38.6 Å². The Morgan fingerprint density at radius 2 is 2.05 bits per heavy atom. The maximum absolute atomic E-state index is 12.3. The number of carbonyl (C=O) groups excluding carboxylic acids is 2. The van der Waals surface area contributed by atoms with E-state index in [4.69, 9.17) is 0 Å². The lowest BCUT2D eigenvalue weighted by atomic mass is 10.0.